The van der Waals surface area contributed by atoms with Crippen molar-refractivity contribution in [3.05, 3.63) is 41.7 Å². The molecule has 5 heteroatoms. The molecular weight excluding hydrogens is 222 g/mol. The molecule has 1 aromatic rings. The van der Waals surface area contributed by atoms with E-state index in [9.17, 15) is 14.7 Å². The van der Waals surface area contributed by atoms with Crippen LogP contribution >= 0.6 is 0 Å². The summed E-state index contributed by atoms with van der Waals surface area (Å²) < 4.78 is 0. The third-order valence-corrected chi connectivity index (χ3v) is 2.09. The lowest BCUT2D eigenvalue weighted by Gasteiger charge is -2.06. The maximum atomic E-state index is 11.5. The molecule has 17 heavy (non-hydrogen) atoms. The zero-order valence-corrected chi connectivity index (χ0v) is 9.04. The maximum Gasteiger partial charge on any atom is 0.305 e. The van der Waals surface area contributed by atoms with Crippen LogP contribution in [-0.4, -0.2) is 28.0 Å². The highest BCUT2D eigenvalue weighted by atomic mass is 16.4. The number of Topliss-reactive ketones (excluding diaryl/α,β-unsaturated/α-hetero) is 1. The molecule has 0 unspecified atom stereocenters. The van der Waals surface area contributed by atoms with Gasteiger partial charge in [-0.15, -0.1) is 0 Å². The summed E-state index contributed by atoms with van der Waals surface area (Å²) in [5, 5.41) is 18.0. The van der Waals surface area contributed by atoms with Crippen molar-refractivity contribution in [1.82, 2.24) is 0 Å². The molecule has 5 nitrogen and oxygen atoms in total. The first kappa shape index (κ1) is 12.9. The van der Waals surface area contributed by atoms with Crippen LogP contribution in [0, 0.1) is 0 Å². The summed E-state index contributed by atoms with van der Waals surface area (Å²) in [7, 11) is 0. The van der Waals surface area contributed by atoms with E-state index in [-0.39, 0.29) is 0 Å². The van der Waals surface area contributed by atoms with Gasteiger partial charge in [-0.3, -0.25) is 9.59 Å². The first-order valence-corrected chi connectivity index (χ1v) is 4.98. The van der Waals surface area contributed by atoms with Crippen LogP contribution in [-0.2, 0) is 9.59 Å². The lowest BCUT2D eigenvalue weighted by atomic mass is 10.1. The largest absolute Gasteiger partial charge is 0.504 e. The predicted molar refractivity (Wildman–Crippen MR) is 62.3 cm³/mol. The summed E-state index contributed by atoms with van der Waals surface area (Å²) in [5.74, 6) is -2.50. The summed E-state index contributed by atoms with van der Waals surface area (Å²) in [5.41, 5.74) is 5.98. The highest BCUT2D eigenvalue weighted by molar-refractivity contribution is 6.02. The van der Waals surface area contributed by atoms with Gasteiger partial charge < -0.3 is 15.9 Å². The highest BCUT2D eigenvalue weighted by Gasteiger charge is 2.20. The molecule has 0 radical (unpaired) electrons. The van der Waals surface area contributed by atoms with E-state index in [1.54, 1.807) is 30.3 Å². The molecule has 0 aliphatic heterocycles. The maximum absolute atomic E-state index is 11.5. The summed E-state index contributed by atoms with van der Waals surface area (Å²) in [6.45, 7) is 0. The van der Waals surface area contributed by atoms with Crippen molar-refractivity contribution in [3.8, 4) is 0 Å². The molecule has 1 atom stereocenters. The van der Waals surface area contributed by atoms with Gasteiger partial charge in [-0.05, 0) is 11.6 Å². The van der Waals surface area contributed by atoms with Crippen LogP contribution in [0.2, 0.25) is 0 Å². The normalized spacial score (nSPS) is 13.1. The van der Waals surface area contributed by atoms with E-state index in [2.05, 4.69) is 0 Å². The van der Waals surface area contributed by atoms with Crippen molar-refractivity contribution in [3.63, 3.8) is 0 Å². The minimum Gasteiger partial charge on any atom is -0.504 e. The highest BCUT2D eigenvalue weighted by Crippen LogP contribution is 2.07. The number of ketones is 1. The third-order valence-electron chi connectivity index (χ3n) is 2.09. The number of carboxylic acids is 1. The fraction of sp³-hybridized carbons (Fsp3) is 0.167. The standard InChI is InChI=1S/C12H13NO4/c13-9(7-11(15)16)12(17)10(14)6-8-4-2-1-3-5-8/h1-6,9,14H,7,13H2,(H,15,16)/t9-/m0/s1. The first-order valence-electron chi connectivity index (χ1n) is 4.98. The molecule has 0 aliphatic carbocycles. The Balaban J connectivity index is 2.76. The number of hydrogen-bond acceptors (Lipinski definition) is 4. The average Bonchev–Trinajstić information content (AvgIpc) is 2.28. The molecule has 0 aromatic heterocycles. The molecule has 0 bridgehead atoms. The monoisotopic (exact) mass is 235 g/mol. The molecule has 0 amide bonds. The summed E-state index contributed by atoms with van der Waals surface area (Å²) in [6.07, 6.45) is 0.746. The quantitative estimate of drug-likeness (QED) is 0.521. The second-order valence-electron chi connectivity index (χ2n) is 3.51. The Hall–Kier alpha value is -2.14. The van der Waals surface area contributed by atoms with Crippen LogP contribution in [0.25, 0.3) is 6.08 Å². The van der Waals surface area contributed by atoms with Crippen LogP contribution < -0.4 is 5.73 Å². The first-order chi connectivity index (χ1) is 8.00. The van der Waals surface area contributed by atoms with Crippen molar-refractivity contribution in [2.75, 3.05) is 0 Å². The van der Waals surface area contributed by atoms with Gasteiger partial charge in [0.1, 0.15) is 0 Å². The second kappa shape index (κ2) is 5.81. The molecule has 0 heterocycles. The molecule has 0 fully saturated rings. The zero-order chi connectivity index (χ0) is 12.8. The summed E-state index contributed by atoms with van der Waals surface area (Å²) >= 11 is 0. The Morgan fingerprint density at radius 3 is 2.35 bits per heavy atom. The Morgan fingerprint density at radius 1 is 1.24 bits per heavy atom. The van der Waals surface area contributed by atoms with Crippen molar-refractivity contribution in [2.24, 2.45) is 5.73 Å². The molecule has 0 spiro atoms. The number of hydrogen-bond donors (Lipinski definition) is 3. The van der Waals surface area contributed by atoms with Crippen LogP contribution in [0.15, 0.2) is 36.1 Å². The minimum absolute atomic E-state index is 0.508. The van der Waals surface area contributed by atoms with E-state index >= 15 is 0 Å². The number of aliphatic hydroxyl groups excluding tert-OH is 1. The number of nitrogens with two attached hydrogens (primary N) is 1. The Morgan fingerprint density at radius 2 is 1.82 bits per heavy atom. The Bertz CT molecular complexity index is 439. The molecule has 0 aliphatic rings. The average molecular weight is 235 g/mol. The van der Waals surface area contributed by atoms with E-state index in [4.69, 9.17) is 10.8 Å². The minimum atomic E-state index is -1.23. The number of carbonyl (C=O) groups excluding carboxylic acids is 1. The van der Waals surface area contributed by atoms with Crippen molar-refractivity contribution < 1.29 is 19.8 Å². The molecule has 4 N–H and O–H groups in total. The van der Waals surface area contributed by atoms with E-state index in [1.165, 1.54) is 6.08 Å². The predicted octanol–water partition coefficient (Wildman–Crippen LogP) is 0.957. The van der Waals surface area contributed by atoms with Gasteiger partial charge in [0.05, 0.1) is 12.5 Å². The number of aliphatic carboxylic acids is 1. The molecule has 1 aromatic carbocycles. The third kappa shape index (κ3) is 4.08. The lowest BCUT2D eigenvalue weighted by molar-refractivity contribution is -0.139. The van der Waals surface area contributed by atoms with Crippen molar-refractivity contribution in [2.45, 2.75) is 12.5 Å². The van der Waals surface area contributed by atoms with Crippen molar-refractivity contribution in [1.29, 1.82) is 0 Å². The number of aliphatic hydroxyl groups is 1. The smallest absolute Gasteiger partial charge is 0.305 e. The second-order valence-corrected chi connectivity index (χ2v) is 3.51. The van der Waals surface area contributed by atoms with E-state index < -0.39 is 30.0 Å². The summed E-state index contributed by atoms with van der Waals surface area (Å²) in [6, 6.07) is 7.47. The van der Waals surface area contributed by atoms with Gasteiger partial charge in [0.2, 0.25) is 5.78 Å². The lowest BCUT2D eigenvalue weighted by Crippen LogP contribution is -2.33. The van der Waals surface area contributed by atoms with Gasteiger partial charge in [0.15, 0.2) is 5.76 Å². The Labute approximate surface area is 98.2 Å². The molecule has 0 saturated carbocycles. The fourth-order valence-corrected chi connectivity index (χ4v) is 1.25. The van der Waals surface area contributed by atoms with Crippen LogP contribution in [0.1, 0.15) is 12.0 Å². The van der Waals surface area contributed by atoms with Gasteiger partial charge in [-0.25, -0.2) is 0 Å². The van der Waals surface area contributed by atoms with Gasteiger partial charge in [0.25, 0.3) is 0 Å². The van der Waals surface area contributed by atoms with Gasteiger partial charge >= 0.3 is 5.97 Å². The van der Waals surface area contributed by atoms with E-state index in [1.807, 2.05) is 0 Å². The topological polar surface area (TPSA) is 101 Å². The number of carbonyl (C=O) groups is 2. The molecule has 90 valence electrons. The van der Waals surface area contributed by atoms with Gasteiger partial charge in [-0.1, -0.05) is 30.3 Å². The molecule has 1 rings (SSSR count). The van der Waals surface area contributed by atoms with Crippen LogP contribution in [0.5, 0.6) is 0 Å². The van der Waals surface area contributed by atoms with E-state index in [0.717, 1.165) is 0 Å². The number of benzene rings is 1. The summed E-state index contributed by atoms with van der Waals surface area (Å²) in [4.78, 5) is 21.8. The molecule has 0 saturated heterocycles. The Kier molecular flexibility index (Phi) is 4.42. The number of carboxylic acid groups (broad SMARTS) is 1. The fourth-order valence-electron chi connectivity index (χ4n) is 1.25. The number of rotatable bonds is 5. The van der Waals surface area contributed by atoms with Crippen LogP contribution in [0.3, 0.4) is 0 Å². The van der Waals surface area contributed by atoms with Gasteiger partial charge in [0, 0.05) is 0 Å². The SMILES string of the molecule is N[C@@H](CC(=O)O)C(=O)C(O)=Cc1ccccc1. The van der Waals surface area contributed by atoms with Gasteiger partial charge in [-0.2, -0.15) is 0 Å². The molecular formula is C12H13NO4. The van der Waals surface area contributed by atoms with Crippen molar-refractivity contribution >= 4 is 17.8 Å². The van der Waals surface area contributed by atoms with E-state index in [0.29, 0.717) is 5.56 Å². The van der Waals surface area contributed by atoms with Crippen LogP contribution in [0.4, 0.5) is 0 Å². The zero-order valence-electron chi connectivity index (χ0n) is 9.04.